The number of nitrogens with one attached hydrogen (secondary N) is 1. The van der Waals surface area contributed by atoms with Gasteiger partial charge in [0.05, 0.1) is 6.54 Å². The molecule has 0 radical (unpaired) electrons. The van der Waals surface area contributed by atoms with Crippen LogP contribution in [0.1, 0.15) is 33.6 Å². The van der Waals surface area contributed by atoms with Crippen molar-refractivity contribution >= 4 is 6.09 Å². The van der Waals surface area contributed by atoms with Gasteiger partial charge in [-0.1, -0.05) is 0 Å². The van der Waals surface area contributed by atoms with Gasteiger partial charge >= 0.3 is 6.09 Å². The van der Waals surface area contributed by atoms with Crippen LogP contribution in [0.25, 0.3) is 0 Å². The number of hydrogen-bond acceptors (Lipinski definition) is 4. The number of rotatable bonds is 2. The zero-order chi connectivity index (χ0) is 15.5. The third kappa shape index (κ3) is 4.81. The number of aromatic amines is 1. The van der Waals surface area contributed by atoms with Crippen molar-refractivity contribution in [2.45, 2.75) is 45.3 Å². The molecule has 0 bridgehead atoms. The predicted octanol–water partition coefficient (Wildman–Crippen LogP) is 2.15. The number of H-pyrrole nitrogens is 1. The second kappa shape index (κ2) is 6.20. The Morgan fingerprint density at radius 2 is 2.19 bits per heavy atom. The van der Waals surface area contributed by atoms with Gasteiger partial charge in [0.15, 0.2) is 11.3 Å². The average Bonchev–Trinajstić information content (AvgIpc) is 2.37. The minimum Gasteiger partial charge on any atom is -0.474 e. The molecular formula is C15H22N2O4. The zero-order valence-corrected chi connectivity index (χ0v) is 12.7. The number of hydrogen-bond donors (Lipinski definition) is 1. The minimum absolute atomic E-state index is 0.108. The fourth-order valence-corrected chi connectivity index (χ4v) is 2.20. The molecule has 0 aliphatic carbocycles. The largest absolute Gasteiger partial charge is 0.474 e. The van der Waals surface area contributed by atoms with Gasteiger partial charge in [-0.15, -0.1) is 0 Å². The van der Waals surface area contributed by atoms with E-state index < -0.39 is 5.60 Å². The fourth-order valence-electron chi connectivity index (χ4n) is 2.20. The normalized spacial score (nSPS) is 19.2. The number of piperidine rings is 1. The molecule has 1 saturated heterocycles. The third-order valence-corrected chi connectivity index (χ3v) is 3.07. The van der Waals surface area contributed by atoms with Gasteiger partial charge in [-0.05, 0) is 33.6 Å². The summed E-state index contributed by atoms with van der Waals surface area (Å²) in [5.74, 6) is 0.429. The van der Waals surface area contributed by atoms with Gasteiger partial charge in [0.25, 0.3) is 0 Å². The van der Waals surface area contributed by atoms with Crippen molar-refractivity contribution < 1.29 is 14.3 Å². The highest BCUT2D eigenvalue weighted by Crippen LogP contribution is 2.18. The highest BCUT2D eigenvalue weighted by molar-refractivity contribution is 5.68. The molecule has 1 aromatic heterocycles. The molecule has 21 heavy (non-hydrogen) atoms. The van der Waals surface area contributed by atoms with Crippen molar-refractivity contribution in [2.24, 2.45) is 0 Å². The van der Waals surface area contributed by atoms with E-state index in [-0.39, 0.29) is 17.6 Å². The number of pyridine rings is 1. The molecule has 116 valence electrons. The second-order valence-corrected chi connectivity index (χ2v) is 6.20. The molecule has 1 atom stereocenters. The molecule has 1 aliphatic rings. The molecule has 0 unspecified atom stereocenters. The first-order valence-corrected chi connectivity index (χ1v) is 7.17. The van der Waals surface area contributed by atoms with Crippen molar-refractivity contribution in [3.63, 3.8) is 0 Å². The summed E-state index contributed by atoms with van der Waals surface area (Å²) in [6.07, 6.45) is 2.78. The molecule has 1 aliphatic heterocycles. The molecule has 1 fully saturated rings. The van der Waals surface area contributed by atoms with Crippen molar-refractivity contribution in [1.82, 2.24) is 9.88 Å². The van der Waals surface area contributed by atoms with Crippen LogP contribution in [-0.4, -0.2) is 40.8 Å². The van der Waals surface area contributed by atoms with E-state index in [9.17, 15) is 9.59 Å². The monoisotopic (exact) mass is 294 g/mol. The van der Waals surface area contributed by atoms with Crippen LogP contribution >= 0.6 is 0 Å². The van der Waals surface area contributed by atoms with E-state index in [1.807, 2.05) is 20.8 Å². The Morgan fingerprint density at radius 3 is 2.86 bits per heavy atom. The van der Waals surface area contributed by atoms with E-state index in [0.717, 1.165) is 12.8 Å². The van der Waals surface area contributed by atoms with Crippen molar-refractivity contribution in [3.8, 4) is 5.88 Å². The summed E-state index contributed by atoms with van der Waals surface area (Å²) in [5.41, 5.74) is -0.612. The highest BCUT2D eigenvalue weighted by Gasteiger charge is 2.28. The van der Waals surface area contributed by atoms with Crippen LogP contribution in [0, 0.1) is 0 Å². The molecule has 6 nitrogen and oxygen atoms in total. The molecular weight excluding hydrogens is 272 g/mol. The van der Waals surface area contributed by atoms with Crippen LogP contribution in [0.15, 0.2) is 23.1 Å². The van der Waals surface area contributed by atoms with Crippen molar-refractivity contribution in [3.05, 3.63) is 28.6 Å². The van der Waals surface area contributed by atoms with Crippen LogP contribution in [0.3, 0.4) is 0 Å². The Hall–Kier alpha value is -1.98. The molecule has 0 saturated carbocycles. The number of nitrogens with zero attached hydrogens (tertiary/aromatic N) is 1. The lowest BCUT2D eigenvalue weighted by Crippen LogP contribution is -2.46. The average molecular weight is 294 g/mol. The topological polar surface area (TPSA) is 71.6 Å². The number of carbonyl (C=O) groups is 1. The van der Waals surface area contributed by atoms with E-state index >= 15 is 0 Å². The summed E-state index contributed by atoms with van der Waals surface area (Å²) in [6.45, 7) is 6.67. The fraction of sp³-hybridized carbons (Fsp3) is 0.600. The number of ether oxygens (including phenoxy) is 2. The van der Waals surface area contributed by atoms with Gasteiger partial charge in [-0.2, -0.15) is 0 Å². The Morgan fingerprint density at radius 1 is 1.43 bits per heavy atom. The highest BCUT2D eigenvalue weighted by atomic mass is 16.6. The number of carbonyl (C=O) groups excluding carboxylic acids is 1. The van der Waals surface area contributed by atoms with Crippen LogP contribution in [0.5, 0.6) is 5.88 Å². The zero-order valence-electron chi connectivity index (χ0n) is 12.7. The lowest BCUT2D eigenvalue weighted by Gasteiger charge is -2.34. The van der Waals surface area contributed by atoms with Gasteiger partial charge in [0.2, 0.25) is 0 Å². The molecule has 1 N–H and O–H groups in total. The second-order valence-electron chi connectivity index (χ2n) is 6.20. The van der Waals surface area contributed by atoms with Gasteiger partial charge in [-0.25, -0.2) is 4.79 Å². The molecule has 1 aromatic rings. The first kappa shape index (κ1) is 15.4. The van der Waals surface area contributed by atoms with E-state index in [1.54, 1.807) is 11.1 Å². The first-order chi connectivity index (χ1) is 9.83. The third-order valence-electron chi connectivity index (χ3n) is 3.07. The van der Waals surface area contributed by atoms with Crippen LogP contribution in [-0.2, 0) is 4.74 Å². The van der Waals surface area contributed by atoms with Gasteiger partial charge in [0.1, 0.15) is 11.7 Å². The maximum absolute atomic E-state index is 12.1. The Bertz CT molecular complexity index is 547. The summed E-state index contributed by atoms with van der Waals surface area (Å²) in [7, 11) is 0. The van der Waals surface area contributed by atoms with Gasteiger partial charge in [-0.3, -0.25) is 4.79 Å². The number of amides is 1. The summed E-state index contributed by atoms with van der Waals surface area (Å²) in [6, 6.07) is 2.84. The molecule has 1 amide bonds. The van der Waals surface area contributed by atoms with E-state index in [1.165, 1.54) is 12.1 Å². The lowest BCUT2D eigenvalue weighted by molar-refractivity contribution is 0.00721. The van der Waals surface area contributed by atoms with E-state index in [2.05, 4.69) is 4.98 Å². The number of aromatic nitrogens is 1. The van der Waals surface area contributed by atoms with Crippen LogP contribution in [0.2, 0.25) is 0 Å². The van der Waals surface area contributed by atoms with Crippen LogP contribution < -0.4 is 10.2 Å². The summed E-state index contributed by atoms with van der Waals surface area (Å²) in [4.78, 5) is 27.9. The van der Waals surface area contributed by atoms with Crippen molar-refractivity contribution in [2.75, 3.05) is 13.1 Å². The Balaban J connectivity index is 1.94. The smallest absolute Gasteiger partial charge is 0.410 e. The molecule has 6 heteroatoms. The maximum atomic E-state index is 12.1. The quantitative estimate of drug-likeness (QED) is 0.907. The lowest BCUT2D eigenvalue weighted by atomic mass is 10.1. The molecule has 0 spiro atoms. The van der Waals surface area contributed by atoms with Gasteiger partial charge < -0.3 is 19.4 Å². The standard InChI is InChI=1S/C15H22N2O4/c1-15(2,3)21-14(19)17-8-4-5-12(10-17)20-13-9-11(18)6-7-16-13/h6-7,9,12H,4-5,8,10H2,1-3H3,(H,16,18)/t12-/m1/s1. The molecule has 0 aromatic carbocycles. The first-order valence-electron chi connectivity index (χ1n) is 7.17. The van der Waals surface area contributed by atoms with E-state index in [0.29, 0.717) is 19.0 Å². The SMILES string of the molecule is CC(C)(C)OC(=O)N1CCC[C@@H](Oc2cc(=O)cc[nH]2)C1. The minimum atomic E-state index is -0.504. The van der Waals surface area contributed by atoms with Gasteiger partial charge in [0, 0.05) is 24.9 Å². The van der Waals surface area contributed by atoms with E-state index in [4.69, 9.17) is 9.47 Å². The van der Waals surface area contributed by atoms with Crippen LogP contribution in [0.4, 0.5) is 4.79 Å². The summed E-state index contributed by atoms with van der Waals surface area (Å²) in [5, 5.41) is 0. The number of likely N-dealkylation sites (tertiary alicyclic amines) is 1. The Kier molecular flexibility index (Phi) is 4.55. The summed E-state index contributed by atoms with van der Waals surface area (Å²) < 4.78 is 11.1. The molecule has 2 rings (SSSR count). The molecule has 2 heterocycles. The van der Waals surface area contributed by atoms with Crippen molar-refractivity contribution in [1.29, 1.82) is 0 Å². The predicted molar refractivity (Wildman–Crippen MR) is 78.5 cm³/mol. The Labute approximate surface area is 124 Å². The maximum Gasteiger partial charge on any atom is 0.410 e. The summed E-state index contributed by atoms with van der Waals surface area (Å²) >= 11 is 0.